The first-order chi connectivity index (χ1) is 18.1. The largest absolute Gasteiger partial charge is 0.493 e. The van der Waals surface area contributed by atoms with E-state index in [1.165, 1.54) is 0 Å². The van der Waals surface area contributed by atoms with E-state index in [0.717, 1.165) is 21.9 Å². The van der Waals surface area contributed by atoms with E-state index in [0.29, 0.717) is 30.0 Å². The summed E-state index contributed by atoms with van der Waals surface area (Å²) in [5.41, 5.74) is 1.86. The summed E-state index contributed by atoms with van der Waals surface area (Å²) in [5.74, 6) is 0.613. The zero-order chi connectivity index (χ0) is 25.6. The van der Waals surface area contributed by atoms with E-state index >= 15 is 0 Å². The second-order valence-corrected chi connectivity index (χ2v) is 8.37. The van der Waals surface area contributed by atoms with Gasteiger partial charge in [0.1, 0.15) is 18.1 Å². The third-order valence-corrected chi connectivity index (χ3v) is 5.92. The molecule has 0 atom stereocenters. The lowest BCUT2D eigenvalue weighted by Gasteiger charge is -2.12. The van der Waals surface area contributed by atoms with Gasteiger partial charge in [-0.25, -0.2) is 0 Å². The van der Waals surface area contributed by atoms with E-state index in [2.05, 4.69) is 16.8 Å². The molecule has 0 fully saturated rings. The highest BCUT2D eigenvalue weighted by atomic mass is 16.5. The normalized spacial score (nSPS) is 11.2. The van der Waals surface area contributed by atoms with Crippen molar-refractivity contribution in [3.8, 4) is 17.4 Å². The number of aromatic hydroxyl groups is 1. The maximum Gasteiger partial charge on any atom is 0.302 e. The fourth-order valence-corrected chi connectivity index (χ4v) is 4.16. The molecule has 0 radical (unpaired) electrons. The van der Waals surface area contributed by atoms with Crippen molar-refractivity contribution in [3.05, 3.63) is 109 Å². The number of fused-ring (bicyclic) bond motifs is 2. The van der Waals surface area contributed by atoms with Crippen LogP contribution in [0.5, 0.6) is 17.4 Å². The molecular formula is C30H25N3O4. The predicted octanol–water partition coefficient (Wildman–Crippen LogP) is 6.80. The Morgan fingerprint density at radius 2 is 1.68 bits per heavy atom. The number of ether oxygens (including phenoxy) is 2. The van der Waals surface area contributed by atoms with Gasteiger partial charge in [-0.1, -0.05) is 79.4 Å². The SMILES string of the molecule is C=CCOc1ccccc1Cn1c(O)c(N=NC(=O)COc2ccc3ccccc3c2)c2ccccc21. The Hall–Kier alpha value is -4.91. The summed E-state index contributed by atoms with van der Waals surface area (Å²) < 4.78 is 13.1. The van der Waals surface area contributed by atoms with E-state index in [9.17, 15) is 9.90 Å². The van der Waals surface area contributed by atoms with Crippen molar-refractivity contribution in [3.63, 3.8) is 0 Å². The highest BCUT2D eigenvalue weighted by Gasteiger charge is 2.18. The lowest BCUT2D eigenvalue weighted by atomic mass is 10.1. The monoisotopic (exact) mass is 491 g/mol. The standard InChI is InChI=1S/C30H25N3O4/c1-2-17-36-27-14-8-5-11-23(27)19-33-26-13-7-6-12-25(26)29(30(33)35)32-31-28(34)20-37-24-16-15-21-9-3-4-10-22(21)18-24/h2-16,18,35H,1,17,19-20H2. The minimum atomic E-state index is -0.562. The molecule has 0 unspecified atom stereocenters. The summed E-state index contributed by atoms with van der Waals surface area (Å²) in [6.07, 6.45) is 1.68. The molecule has 0 saturated heterocycles. The lowest BCUT2D eigenvalue weighted by Crippen LogP contribution is -2.07. The van der Waals surface area contributed by atoms with Crippen LogP contribution in [-0.4, -0.2) is 28.8 Å². The Morgan fingerprint density at radius 1 is 0.919 bits per heavy atom. The third kappa shape index (κ3) is 5.21. The summed E-state index contributed by atoms with van der Waals surface area (Å²) in [4.78, 5) is 12.4. The second kappa shape index (κ2) is 10.8. The third-order valence-electron chi connectivity index (χ3n) is 5.92. The van der Waals surface area contributed by atoms with E-state index < -0.39 is 5.91 Å². The smallest absolute Gasteiger partial charge is 0.302 e. The molecule has 37 heavy (non-hydrogen) atoms. The fraction of sp³-hybridized carbons (Fsp3) is 0.100. The van der Waals surface area contributed by atoms with Crippen LogP contribution in [0.15, 0.2) is 114 Å². The first-order valence-corrected chi connectivity index (χ1v) is 11.8. The molecule has 0 aliphatic carbocycles. The van der Waals surface area contributed by atoms with Crippen molar-refractivity contribution in [2.45, 2.75) is 6.54 Å². The Morgan fingerprint density at radius 3 is 2.54 bits per heavy atom. The number of nitrogens with zero attached hydrogens (tertiary/aromatic N) is 3. The molecule has 7 heteroatoms. The molecule has 1 amide bonds. The Kier molecular flexibility index (Phi) is 6.94. The summed E-state index contributed by atoms with van der Waals surface area (Å²) >= 11 is 0. The number of amides is 1. The van der Waals surface area contributed by atoms with Crippen LogP contribution in [0, 0.1) is 0 Å². The van der Waals surface area contributed by atoms with Crippen LogP contribution in [0.1, 0.15) is 5.56 Å². The predicted molar refractivity (Wildman–Crippen MR) is 144 cm³/mol. The topological polar surface area (TPSA) is 85.4 Å². The summed E-state index contributed by atoms with van der Waals surface area (Å²) in [7, 11) is 0. The Labute approximate surface area is 213 Å². The van der Waals surface area contributed by atoms with E-state index in [1.807, 2.05) is 91.0 Å². The molecule has 1 aromatic heterocycles. The zero-order valence-electron chi connectivity index (χ0n) is 20.1. The molecule has 7 nitrogen and oxygen atoms in total. The van der Waals surface area contributed by atoms with Gasteiger partial charge in [0.05, 0.1) is 12.1 Å². The molecule has 5 rings (SSSR count). The van der Waals surface area contributed by atoms with Gasteiger partial charge < -0.3 is 19.1 Å². The van der Waals surface area contributed by atoms with Crippen molar-refractivity contribution in [1.29, 1.82) is 0 Å². The highest BCUT2D eigenvalue weighted by Crippen LogP contribution is 2.39. The van der Waals surface area contributed by atoms with Gasteiger partial charge in [0, 0.05) is 10.9 Å². The molecule has 4 aromatic carbocycles. The minimum absolute atomic E-state index is 0.0910. The minimum Gasteiger partial charge on any atom is -0.493 e. The zero-order valence-corrected chi connectivity index (χ0v) is 20.1. The van der Waals surface area contributed by atoms with Crippen LogP contribution >= 0.6 is 0 Å². The Bertz CT molecular complexity index is 1620. The van der Waals surface area contributed by atoms with Gasteiger partial charge in [0.25, 0.3) is 0 Å². The van der Waals surface area contributed by atoms with Gasteiger partial charge in [-0.3, -0.25) is 4.79 Å². The maximum atomic E-state index is 12.4. The van der Waals surface area contributed by atoms with Gasteiger partial charge in [0.2, 0.25) is 5.88 Å². The quantitative estimate of drug-likeness (QED) is 0.181. The van der Waals surface area contributed by atoms with Crippen LogP contribution in [0.3, 0.4) is 0 Å². The molecule has 0 aliphatic rings. The Balaban J connectivity index is 1.36. The second-order valence-electron chi connectivity index (χ2n) is 8.37. The number of hydrogen-bond acceptors (Lipinski definition) is 5. The van der Waals surface area contributed by atoms with Gasteiger partial charge in [-0.15, -0.1) is 10.2 Å². The van der Waals surface area contributed by atoms with E-state index in [4.69, 9.17) is 9.47 Å². The fourth-order valence-electron chi connectivity index (χ4n) is 4.16. The number of carbonyl (C=O) groups excluding carboxylic acids is 1. The van der Waals surface area contributed by atoms with Crippen molar-refractivity contribution in [1.82, 2.24) is 4.57 Å². The summed E-state index contributed by atoms with van der Waals surface area (Å²) in [6, 6.07) is 28.5. The molecular weight excluding hydrogens is 466 g/mol. The van der Waals surface area contributed by atoms with Crippen molar-refractivity contribution >= 4 is 33.3 Å². The average molecular weight is 492 g/mol. The maximum absolute atomic E-state index is 12.4. The first-order valence-electron chi connectivity index (χ1n) is 11.8. The number of azo groups is 1. The molecule has 1 N–H and O–H groups in total. The number of hydrogen-bond donors (Lipinski definition) is 1. The summed E-state index contributed by atoms with van der Waals surface area (Å²) in [5, 5.41) is 21.8. The summed E-state index contributed by atoms with van der Waals surface area (Å²) in [6.45, 7) is 4.14. The number of rotatable bonds is 9. The number of benzene rings is 4. The van der Waals surface area contributed by atoms with E-state index in [-0.39, 0.29) is 18.2 Å². The van der Waals surface area contributed by atoms with Gasteiger partial charge in [0.15, 0.2) is 12.3 Å². The lowest BCUT2D eigenvalue weighted by molar-refractivity contribution is -0.120. The number of aromatic nitrogens is 1. The number of para-hydroxylation sites is 2. The molecule has 0 spiro atoms. The molecule has 1 heterocycles. The molecule has 5 aromatic rings. The molecule has 0 bridgehead atoms. The van der Waals surface area contributed by atoms with Crippen LogP contribution in [0.25, 0.3) is 21.7 Å². The highest BCUT2D eigenvalue weighted by molar-refractivity contribution is 5.95. The first kappa shape index (κ1) is 23.8. The van der Waals surface area contributed by atoms with Crippen molar-refractivity contribution < 1.29 is 19.4 Å². The molecule has 0 saturated carbocycles. The molecule has 0 aliphatic heterocycles. The van der Waals surface area contributed by atoms with Crippen molar-refractivity contribution in [2.75, 3.05) is 13.2 Å². The van der Waals surface area contributed by atoms with Crippen molar-refractivity contribution in [2.24, 2.45) is 10.2 Å². The van der Waals surface area contributed by atoms with Crippen LogP contribution in [0.4, 0.5) is 5.69 Å². The van der Waals surface area contributed by atoms with Crippen LogP contribution in [-0.2, 0) is 11.3 Å². The molecule has 184 valence electrons. The number of carbonyl (C=O) groups is 1. The average Bonchev–Trinajstić information content (AvgIpc) is 3.20. The van der Waals surface area contributed by atoms with Gasteiger partial charge in [-0.2, -0.15) is 0 Å². The van der Waals surface area contributed by atoms with Gasteiger partial charge in [-0.05, 0) is 35.0 Å². The van der Waals surface area contributed by atoms with E-state index in [1.54, 1.807) is 10.6 Å². The van der Waals surface area contributed by atoms with Gasteiger partial charge >= 0.3 is 5.91 Å². The van der Waals surface area contributed by atoms with Crippen LogP contribution < -0.4 is 9.47 Å². The van der Waals surface area contributed by atoms with Crippen LogP contribution in [0.2, 0.25) is 0 Å².